The van der Waals surface area contributed by atoms with Crippen molar-refractivity contribution < 1.29 is 22.4 Å². The normalized spacial score (nSPS) is 13.5. The number of imide groups is 1. The second-order valence-electron chi connectivity index (χ2n) is 6.77. The molecule has 2 heterocycles. The Kier molecular flexibility index (Phi) is 4.83. The summed E-state index contributed by atoms with van der Waals surface area (Å²) in [7, 11) is -4.19. The summed E-state index contributed by atoms with van der Waals surface area (Å²) in [5, 5.41) is 0. The Balaban J connectivity index is 1.71. The van der Waals surface area contributed by atoms with E-state index in [9.17, 15) is 22.4 Å². The van der Waals surface area contributed by atoms with Crippen LogP contribution in [0, 0.1) is 12.7 Å². The molecule has 3 aromatic rings. The van der Waals surface area contributed by atoms with Gasteiger partial charge in [-0.15, -0.1) is 0 Å². The number of amides is 2. The lowest BCUT2D eigenvalue weighted by atomic mass is 10.2. The minimum Gasteiger partial charge on any atom is -0.279 e. The van der Waals surface area contributed by atoms with E-state index in [1.165, 1.54) is 24.4 Å². The van der Waals surface area contributed by atoms with Crippen LogP contribution in [0.2, 0.25) is 0 Å². The van der Waals surface area contributed by atoms with Gasteiger partial charge in [-0.1, -0.05) is 24.3 Å². The van der Waals surface area contributed by atoms with Crippen molar-refractivity contribution in [3.63, 3.8) is 0 Å². The molecule has 0 radical (unpaired) electrons. The highest BCUT2D eigenvalue weighted by molar-refractivity contribution is 7.92. The average molecular weight is 425 g/mol. The Morgan fingerprint density at radius 1 is 1.03 bits per heavy atom. The first-order chi connectivity index (χ1) is 14.3. The van der Waals surface area contributed by atoms with Gasteiger partial charge < -0.3 is 0 Å². The van der Waals surface area contributed by atoms with Crippen LogP contribution in [0.3, 0.4) is 0 Å². The monoisotopic (exact) mass is 425 g/mol. The molecular weight excluding hydrogens is 409 g/mol. The van der Waals surface area contributed by atoms with Gasteiger partial charge in [0.05, 0.1) is 22.7 Å². The molecule has 0 saturated heterocycles. The zero-order valence-corrected chi connectivity index (χ0v) is 16.6. The molecule has 0 unspecified atom stereocenters. The highest BCUT2D eigenvalue weighted by atomic mass is 32.2. The maximum Gasteiger partial charge on any atom is 0.280 e. The van der Waals surface area contributed by atoms with Crippen LogP contribution in [0.15, 0.2) is 65.7 Å². The number of para-hydroxylation sites is 1. The van der Waals surface area contributed by atoms with Gasteiger partial charge in [-0.3, -0.25) is 24.2 Å². The van der Waals surface area contributed by atoms with Gasteiger partial charge in [0.1, 0.15) is 11.5 Å². The minimum absolute atomic E-state index is 0.00653. The van der Waals surface area contributed by atoms with Crippen LogP contribution >= 0.6 is 0 Å². The van der Waals surface area contributed by atoms with E-state index < -0.39 is 27.7 Å². The predicted molar refractivity (Wildman–Crippen MR) is 107 cm³/mol. The van der Waals surface area contributed by atoms with Crippen molar-refractivity contribution in [1.29, 1.82) is 0 Å². The molecule has 1 aromatic heterocycles. The summed E-state index contributed by atoms with van der Waals surface area (Å²) in [5.74, 6) is -1.97. The molecular formula is C21H16FN3O4S. The molecule has 0 bridgehead atoms. The smallest absolute Gasteiger partial charge is 0.279 e. The van der Waals surface area contributed by atoms with E-state index in [1.807, 2.05) is 0 Å². The zero-order valence-electron chi connectivity index (χ0n) is 15.8. The third kappa shape index (κ3) is 3.43. The van der Waals surface area contributed by atoms with Crippen LogP contribution in [0.4, 0.5) is 10.1 Å². The Hall–Kier alpha value is -3.59. The average Bonchev–Trinajstić information content (AvgIpc) is 2.96. The quantitative estimate of drug-likeness (QED) is 0.634. The number of pyridine rings is 1. The number of carbonyl (C=O) groups is 2. The number of aromatic nitrogens is 1. The first-order valence-corrected chi connectivity index (χ1v) is 10.4. The third-order valence-corrected chi connectivity index (χ3v) is 6.22. The van der Waals surface area contributed by atoms with Gasteiger partial charge in [0, 0.05) is 6.20 Å². The van der Waals surface area contributed by atoms with Crippen molar-refractivity contribution in [2.45, 2.75) is 18.4 Å². The highest BCUT2D eigenvalue weighted by Gasteiger charge is 2.37. The van der Waals surface area contributed by atoms with Gasteiger partial charge >= 0.3 is 0 Å². The molecule has 0 spiro atoms. The molecule has 9 heteroatoms. The van der Waals surface area contributed by atoms with E-state index >= 15 is 0 Å². The molecule has 4 rings (SSSR count). The molecule has 0 saturated carbocycles. The molecule has 1 aliphatic heterocycles. The summed E-state index contributed by atoms with van der Waals surface area (Å²) in [6.07, 6.45) is 1.40. The fraction of sp³-hybridized carbons (Fsp3) is 0.0952. The van der Waals surface area contributed by atoms with Gasteiger partial charge in [0.25, 0.3) is 21.8 Å². The van der Waals surface area contributed by atoms with Gasteiger partial charge in [-0.25, -0.2) is 12.8 Å². The number of anilines is 1. The van der Waals surface area contributed by atoms with Crippen LogP contribution in [-0.2, 0) is 16.6 Å². The molecule has 1 aliphatic rings. The lowest BCUT2D eigenvalue weighted by Gasteiger charge is -2.18. The van der Waals surface area contributed by atoms with Crippen molar-refractivity contribution in [1.82, 2.24) is 9.88 Å². The number of aryl methyl sites for hydroxylation is 1. The molecule has 0 fully saturated rings. The van der Waals surface area contributed by atoms with E-state index in [2.05, 4.69) is 9.71 Å². The van der Waals surface area contributed by atoms with Crippen molar-refractivity contribution in [3.05, 3.63) is 89.0 Å². The van der Waals surface area contributed by atoms with E-state index in [0.717, 1.165) is 17.0 Å². The Morgan fingerprint density at radius 2 is 1.80 bits per heavy atom. The molecule has 0 atom stereocenters. The van der Waals surface area contributed by atoms with E-state index in [-0.39, 0.29) is 28.3 Å². The lowest BCUT2D eigenvalue weighted by molar-refractivity contribution is 0.0639. The number of hydrogen-bond donors (Lipinski definition) is 1. The van der Waals surface area contributed by atoms with Crippen molar-refractivity contribution >= 4 is 27.5 Å². The molecule has 0 aliphatic carbocycles. The number of halogens is 1. The van der Waals surface area contributed by atoms with Crippen LogP contribution in [-0.4, -0.2) is 30.1 Å². The zero-order chi connectivity index (χ0) is 21.5. The number of carbonyl (C=O) groups excluding carboxylic acids is 2. The SMILES string of the molecule is Cc1ccccc1NS(=O)(=O)c1cc(F)ccc1CN1C(=O)c2cccnc2C1=O. The number of sulfonamides is 1. The summed E-state index contributed by atoms with van der Waals surface area (Å²) in [6, 6.07) is 13.0. The highest BCUT2D eigenvalue weighted by Crippen LogP contribution is 2.27. The molecule has 2 amide bonds. The van der Waals surface area contributed by atoms with E-state index in [0.29, 0.717) is 11.3 Å². The second-order valence-corrected chi connectivity index (χ2v) is 8.42. The van der Waals surface area contributed by atoms with Crippen LogP contribution in [0.25, 0.3) is 0 Å². The minimum atomic E-state index is -4.19. The molecule has 2 aromatic carbocycles. The fourth-order valence-electron chi connectivity index (χ4n) is 3.22. The summed E-state index contributed by atoms with van der Waals surface area (Å²) in [4.78, 5) is 29.7. The molecule has 30 heavy (non-hydrogen) atoms. The van der Waals surface area contributed by atoms with Crippen molar-refractivity contribution in [3.8, 4) is 0 Å². The first kappa shape index (κ1) is 19.7. The largest absolute Gasteiger partial charge is 0.280 e. The maximum atomic E-state index is 13.9. The summed E-state index contributed by atoms with van der Waals surface area (Å²) in [5.41, 5.74) is 1.29. The second kappa shape index (κ2) is 7.34. The van der Waals surface area contributed by atoms with Crippen LogP contribution < -0.4 is 4.72 Å². The standard InChI is InChI=1S/C21H16FN3O4S/c1-13-5-2-3-7-17(13)24-30(28,29)18-11-15(22)9-8-14(18)12-25-20(26)16-6-4-10-23-19(16)21(25)27/h2-11,24H,12H2,1H3. The fourth-order valence-corrected chi connectivity index (χ4v) is 4.60. The Labute approximate surface area is 172 Å². The summed E-state index contributed by atoms with van der Waals surface area (Å²) in [6.45, 7) is 1.40. The van der Waals surface area contributed by atoms with E-state index in [1.54, 1.807) is 31.2 Å². The molecule has 152 valence electrons. The summed E-state index contributed by atoms with van der Waals surface area (Å²) < 4.78 is 42.4. The Morgan fingerprint density at radius 3 is 2.53 bits per heavy atom. The topological polar surface area (TPSA) is 96.4 Å². The van der Waals surface area contributed by atoms with Gasteiger partial charge in [0.2, 0.25) is 0 Å². The number of hydrogen-bond acceptors (Lipinski definition) is 5. The molecule has 1 N–H and O–H groups in total. The number of rotatable bonds is 5. The third-order valence-electron chi connectivity index (χ3n) is 4.77. The van der Waals surface area contributed by atoms with Crippen LogP contribution in [0.1, 0.15) is 32.0 Å². The number of nitrogens with zero attached hydrogens (tertiary/aromatic N) is 2. The summed E-state index contributed by atoms with van der Waals surface area (Å²) >= 11 is 0. The number of fused-ring (bicyclic) bond motifs is 1. The van der Waals surface area contributed by atoms with Gasteiger partial charge in [-0.2, -0.15) is 0 Å². The van der Waals surface area contributed by atoms with E-state index in [4.69, 9.17) is 0 Å². The molecule has 7 nitrogen and oxygen atoms in total. The predicted octanol–water partition coefficient (Wildman–Crippen LogP) is 3.13. The first-order valence-electron chi connectivity index (χ1n) is 8.96. The van der Waals surface area contributed by atoms with Crippen LogP contribution in [0.5, 0.6) is 0 Å². The van der Waals surface area contributed by atoms with Gasteiger partial charge in [-0.05, 0) is 48.4 Å². The number of benzene rings is 2. The maximum absolute atomic E-state index is 13.9. The van der Waals surface area contributed by atoms with Crippen molar-refractivity contribution in [2.24, 2.45) is 0 Å². The number of nitrogens with one attached hydrogen (secondary N) is 1. The van der Waals surface area contributed by atoms with Gasteiger partial charge in [0.15, 0.2) is 0 Å². The lowest BCUT2D eigenvalue weighted by Crippen LogP contribution is -2.30. The van der Waals surface area contributed by atoms with Crippen molar-refractivity contribution in [2.75, 3.05) is 4.72 Å². The Bertz CT molecular complexity index is 1260.